The van der Waals surface area contributed by atoms with E-state index in [1.54, 1.807) is 7.11 Å². The predicted molar refractivity (Wildman–Crippen MR) is 76.1 cm³/mol. The predicted octanol–water partition coefficient (Wildman–Crippen LogP) is 3.49. The third kappa shape index (κ3) is 2.69. The summed E-state index contributed by atoms with van der Waals surface area (Å²) >= 11 is 0. The second-order valence-electron chi connectivity index (χ2n) is 5.30. The van der Waals surface area contributed by atoms with Gasteiger partial charge >= 0.3 is 0 Å². The molecule has 1 atom stereocenters. The van der Waals surface area contributed by atoms with Gasteiger partial charge in [-0.2, -0.15) is 0 Å². The first kappa shape index (κ1) is 13.4. The number of rotatable bonds is 6. The van der Waals surface area contributed by atoms with Crippen molar-refractivity contribution in [1.29, 1.82) is 0 Å². The molecule has 100 valence electrons. The minimum absolute atomic E-state index is 0.653. The highest BCUT2D eigenvalue weighted by Gasteiger charge is 2.28. The van der Waals surface area contributed by atoms with E-state index in [1.165, 1.54) is 30.4 Å². The average molecular weight is 247 g/mol. The van der Waals surface area contributed by atoms with Crippen LogP contribution in [0.1, 0.15) is 49.7 Å². The minimum atomic E-state index is 0.653. The van der Waals surface area contributed by atoms with Gasteiger partial charge in [0.1, 0.15) is 5.75 Å². The van der Waals surface area contributed by atoms with E-state index in [0.717, 1.165) is 31.1 Å². The summed E-state index contributed by atoms with van der Waals surface area (Å²) in [6.07, 6.45) is 6.27. The van der Waals surface area contributed by atoms with Crippen molar-refractivity contribution in [2.45, 2.75) is 44.9 Å². The van der Waals surface area contributed by atoms with Gasteiger partial charge in [-0.3, -0.25) is 0 Å². The third-order valence-corrected chi connectivity index (χ3v) is 4.31. The lowest BCUT2D eigenvalue weighted by molar-refractivity contribution is 0.253. The maximum absolute atomic E-state index is 5.79. The van der Waals surface area contributed by atoms with Gasteiger partial charge in [0.25, 0.3) is 0 Å². The van der Waals surface area contributed by atoms with E-state index in [1.807, 2.05) is 0 Å². The van der Waals surface area contributed by atoms with Crippen molar-refractivity contribution in [3.63, 3.8) is 0 Å². The van der Waals surface area contributed by atoms with Crippen LogP contribution in [0.25, 0.3) is 0 Å². The summed E-state index contributed by atoms with van der Waals surface area (Å²) in [5.74, 6) is 2.52. The number of hydrogen-bond donors (Lipinski definition) is 1. The smallest absolute Gasteiger partial charge is 0.122 e. The molecular formula is C16H25NO. The van der Waals surface area contributed by atoms with Gasteiger partial charge < -0.3 is 10.5 Å². The lowest BCUT2D eigenvalue weighted by Crippen LogP contribution is -2.23. The third-order valence-electron chi connectivity index (χ3n) is 4.31. The molecule has 1 unspecified atom stereocenters. The van der Waals surface area contributed by atoms with Gasteiger partial charge in [-0.15, -0.1) is 0 Å². The molecule has 0 aromatic heterocycles. The average Bonchev–Trinajstić information content (AvgIpc) is 2.35. The van der Waals surface area contributed by atoms with Crippen LogP contribution in [0.3, 0.4) is 0 Å². The molecule has 2 heteroatoms. The number of hydrogen-bond acceptors (Lipinski definition) is 2. The van der Waals surface area contributed by atoms with Crippen LogP contribution in [-0.2, 0) is 6.42 Å². The molecule has 2 nitrogen and oxygen atoms in total. The summed E-state index contributed by atoms with van der Waals surface area (Å²) in [5.41, 5.74) is 8.56. The number of methoxy groups -OCH3 is 1. The van der Waals surface area contributed by atoms with E-state index < -0.39 is 0 Å². The number of aryl methyl sites for hydroxylation is 1. The molecule has 1 aromatic rings. The van der Waals surface area contributed by atoms with Crippen LogP contribution in [0.2, 0.25) is 0 Å². The quantitative estimate of drug-likeness (QED) is 0.835. The molecule has 1 fully saturated rings. The van der Waals surface area contributed by atoms with Crippen LogP contribution >= 0.6 is 0 Å². The Morgan fingerprint density at radius 2 is 2.17 bits per heavy atom. The van der Waals surface area contributed by atoms with Crippen molar-refractivity contribution in [1.82, 2.24) is 0 Å². The van der Waals surface area contributed by atoms with E-state index in [-0.39, 0.29) is 0 Å². The van der Waals surface area contributed by atoms with Crippen molar-refractivity contribution in [3.8, 4) is 5.75 Å². The lowest BCUT2D eigenvalue weighted by Gasteiger charge is -2.34. The molecule has 0 spiro atoms. The van der Waals surface area contributed by atoms with E-state index in [2.05, 4.69) is 25.1 Å². The van der Waals surface area contributed by atoms with Gasteiger partial charge in [0.05, 0.1) is 7.11 Å². The van der Waals surface area contributed by atoms with Gasteiger partial charge in [-0.05, 0) is 61.3 Å². The summed E-state index contributed by atoms with van der Waals surface area (Å²) in [7, 11) is 1.75. The first-order valence-electron chi connectivity index (χ1n) is 7.17. The normalized spacial score (nSPS) is 17.3. The number of nitrogens with two attached hydrogens (primary N) is 1. The molecule has 1 aromatic carbocycles. The van der Waals surface area contributed by atoms with E-state index >= 15 is 0 Å². The highest BCUT2D eigenvalue weighted by molar-refractivity contribution is 5.39. The second kappa shape index (κ2) is 6.24. The SMILES string of the molecule is CCc1cc(C(CCN)C2CCC2)ccc1OC. The van der Waals surface area contributed by atoms with E-state index in [0.29, 0.717) is 5.92 Å². The molecule has 18 heavy (non-hydrogen) atoms. The number of ether oxygens (including phenoxy) is 1. The topological polar surface area (TPSA) is 35.2 Å². The van der Waals surface area contributed by atoms with Gasteiger partial charge in [-0.1, -0.05) is 25.5 Å². The highest BCUT2D eigenvalue weighted by Crippen LogP contribution is 2.41. The van der Waals surface area contributed by atoms with Crippen LogP contribution in [0.4, 0.5) is 0 Å². The molecule has 0 heterocycles. The minimum Gasteiger partial charge on any atom is -0.496 e. The lowest BCUT2D eigenvalue weighted by atomic mass is 9.71. The van der Waals surface area contributed by atoms with E-state index in [9.17, 15) is 0 Å². The Hall–Kier alpha value is -1.02. The second-order valence-corrected chi connectivity index (χ2v) is 5.30. The molecule has 2 rings (SSSR count). The molecule has 0 saturated heterocycles. The molecular weight excluding hydrogens is 222 g/mol. The maximum Gasteiger partial charge on any atom is 0.122 e. The molecule has 0 radical (unpaired) electrons. The Kier molecular flexibility index (Phi) is 4.65. The van der Waals surface area contributed by atoms with Crippen molar-refractivity contribution in [3.05, 3.63) is 29.3 Å². The summed E-state index contributed by atoms with van der Waals surface area (Å²) in [5, 5.41) is 0. The van der Waals surface area contributed by atoms with Crippen molar-refractivity contribution in [2.75, 3.05) is 13.7 Å². The van der Waals surface area contributed by atoms with E-state index in [4.69, 9.17) is 10.5 Å². The molecule has 2 N–H and O–H groups in total. The summed E-state index contributed by atoms with van der Waals surface area (Å²) in [6, 6.07) is 6.68. The zero-order valence-electron chi connectivity index (χ0n) is 11.6. The Morgan fingerprint density at radius 1 is 1.39 bits per heavy atom. The van der Waals surface area contributed by atoms with Crippen LogP contribution in [-0.4, -0.2) is 13.7 Å². The fraction of sp³-hybridized carbons (Fsp3) is 0.625. The molecule has 1 aliphatic rings. The summed E-state index contributed by atoms with van der Waals surface area (Å²) < 4.78 is 5.41. The van der Waals surface area contributed by atoms with Crippen LogP contribution in [0, 0.1) is 5.92 Å². The number of benzene rings is 1. The molecule has 1 saturated carbocycles. The molecule has 0 amide bonds. The first-order valence-corrected chi connectivity index (χ1v) is 7.17. The zero-order chi connectivity index (χ0) is 13.0. The van der Waals surface area contributed by atoms with Crippen LogP contribution in [0.15, 0.2) is 18.2 Å². The molecule has 0 bridgehead atoms. The van der Waals surface area contributed by atoms with Gasteiger partial charge in [0.2, 0.25) is 0 Å². The van der Waals surface area contributed by atoms with Gasteiger partial charge in [0.15, 0.2) is 0 Å². The van der Waals surface area contributed by atoms with Crippen molar-refractivity contribution < 1.29 is 4.74 Å². The first-order chi connectivity index (χ1) is 8.80. The largest absolute Gasteiger partial charge is 0.496 e. The molecule has 0 aliphatic heterocycles. The molecule has 1 aliphatic carbocycles. The summed E-state index contributed by atoms with van der Waals surface area (Å²) in [4.78, 5) is 0. The monoisotopic (exact) mass is 247 g/mol. The fourth-order valence-corrected chi connectivity index (χ4v) is 3.00. The standard InChI is InChI=1S/C16H25NO/c1-3-12-11-14(7-8-16(12)18-2)15(9-10-17)13-5-4-6-13/h7-8,11,13,15H,3-6,9-10,17H2,1-2H3. The Bertz CT molecular complexity index is 385. The van der Waals surface area contributed by atoms with Crippen molar-refractivity contribution in [2.24, 2.45) is 11.7 Å². The van der Waals surface area contributed by atoms with Crippen molar-refractivity contribution >= 4 is 0 Å². The Morgan fingerprint density at radius 3 is 2.67 bits per heavy atom. The van der Waals surface area contributed by atoms with Crippen LogP contribution in [0.5, 0.6) is 5.75 Å². The Labute approximate surface area is 111 Å². The summed E-state index contributed by atoms with van der Waals surface area (Å²) in [6.45, 7) is 2.97. The van der Waals surface area contributed by atoms with Gasteiger partial charge in [-0.25, -0.2) is 0 Å². The Balaban J connectivity index is 2.23. The zero-order valence-corrected chi connectivity index (χ0v) is 11.6. The maximum atomic E-state index is 5.79. The fourth-order valence-electron chi connectivity index (χ4n) is 3.00. The van der Waals surface area contributed by atoms with Crippen LogP contribution < -0.4 is 10.5 Å². The highest BCUT2D eigenvalue weighted by atomic mass is 16.5. The van der Waals surface area contributed by atoms with Gasteiger partial charge in [0, 0.05) is 0 Å².